The fourth-order valence-corrected chi connectivity index (χ4v) is 4.35. The van der Waals surface area contributed by atoms with Crippen molar-refractivity contribution < 1.29 is 0 Å². The van der Waals surface area contributed by atoms with E-state index in [2.05, 4.69) is 55.3 Å². The topological polar surface area (TPSA) is 3.24 Å². The average molecular weight is 318 g/mol. The van der Waals surface area contributed by atoms with Crippen LogP contribution in [0.4, 0.5) is 0 Å². The maximum Gasteiger partial charge on any atom is 0.0409 e. The zero-order valence-electron chi connectivity index (χ0n) is 12.4. The lowest BCUT2D eigenvalue weighted by Gasteiger charge is -2.28. The van der Waals surface area contributed by atoms with E-state index in [4.69, 9.17) is 11.6 Å². The van der Waals surface area contributed by atoms with Gasteiger partial charge in [0.2, 0.25) is 0 Å². The molecule has 3 rings (SSSR count). The lowest BCUT2D eigenvalue weighted by molar-refractivity contribution is 0.250. The summed E-state index contributed by atoms with van der Waals surface area (Å²) in [6.45, 7) is 3.33. The molecule has 0 radical (unpaired) electrons. The lowest BCUT2D eigenvalue weighted by Crippen LogP contribution is -2.27. The van der Waals surface area contributed by atoms with Crippen molar-refractivity contribution >= 4 is 23.4 Å². The third-order valence-electron chi connectivity index (χ3n) is 4.30. The number of rotatable bonds is 4. The highest BCUT2D eigenvalue weighted by atomic mass is 35.5. The molecule has 1 aliphatic heterocycles. The molecular weight excluding hydrogens is 298 g/mol. The largest absolute Gasteiger partial charge is 0.299 e. The number of thioether (sulfide) groups is 1. The van der Waals surface area contributed by atoms with E-state index in [1.807, 2.05) is 23.9 Å². The van der Waals surface area contributed by atoms with E-state index in [-0.39, 0.29) is 0 Å². The van der Waals surface area contributed by atoms with E-state index in [0.29, 0.717) is 12.0 Å². The second-order valence-electron chi connectivity index (χ2n) is 5.72. The van der Waals surface area contributed by atoms with Crippen LogP contribution in [0.1, 0.15) is 30.0 Å². The zero-order valence-corrected chi connectivity index (χ0v) is 14.0. The van der Waals surface area contributed by atoms with Crippen molar-refractivity contribution in [3.05, 3.63) is 64.7 Å². The van der Waals surface area contributed by atoms with Crippen LogP contribution in [0.15, 0.2) is 53.4 Å². The van der Waals surface area contributed by atoms with Crippen LogP contribution < -0.4 is 0 Å². The first-order chi connectivity index (χ1) is 10.1. The highest BCUT2D eigenvalue weighted by Gasteiger charge is 2.25. The van der Waals surface area contributed by atoms with Crippen molar-refractivity contribution in [2.24, 2.45) is 0 Å². The molecule has 1 nitrogen and oxygen atoms in total. The molecule has 0 spiro atoms. The summed E-state index contributed by atoms with van der Waals surface area (Å²) in [6.07, 6.45) is 0. The predicted octanol–water partition coefficient (Wildman–Crippen LogP) is 5.22. The fraction of sp³-hybridized carbons (Fsp3) is 0.333. The second kappa shape index (κ2) is 6.43. The van der Waals surface area contributed by atoms with Crippen LogP contribution in [0.2, 0.25) is 5.02 Å². The maximum absolute atomic E-state index is 6.11. The van der Waals surface area contributed by atoms with Crippen LogP contribution in [0, 0.1) is 0 Å². The molecule has 2 aromatic carbocycles. The molecule has 2 atom stereocenters. The standard InChI is InChI=1S/C18H20ClNS/c1-13(14-6-5-7-16(19)10-14)20(2)11-15-12-21-18-9-4-3-8-17(15)18/h3-10,13,15H,11-12H2,1-2H3. The summed E-state index contributed by atoms with van der Waals surface area (Å²) < 4.78 is 0. The van der Waals surface area contributed by atoms with Gasteiger partial charge in [-0.25, -0.2) is 0 Å². The van der Waals surface area contributed by atoms with Crippen LogP contribution in [0.5, 0.6) is 0 Å². The highest BCUT2D eigenvalue weighted by Crippen LogP contribution is 2.40. The molecule has 1 heterocycles. The van der Waals surface area contributed by atoms with Crippen LogP contribution in [0.25, 0.3) is 0 Å². The van der Waals surface area contributed by atoms with E-state index in [1.165, 1.54) is 21.8 Å². The molecule has 0 bridgehead atoms. The van der Waals surface area contributed by atoms with Gasteiger partial charge < -0.3 is 0 Å². The first-order valence-corrected chi connectivity index (χ1v) is 8.69. The normalized spacial score (nSPS) is 18.8. The van der Waals surface area contributed by atoms with Crippen molar-refractivity contribution in [2.75, 3.05) is 19.3 Å². The summed E-state index contributed by atoms with van der Waals surface area (Å²) in [5, 5.41) is 0.814. The van der Waals surface area contributed by atoms with Crippen molar-refractivity contribution in [3.63, 3.8) is 0 Å². The molecular formula is C18H20ClNS. The van der Waals surface area contributed by atoms with Gasteiger partial charge in [-0.3, -0.25) is 4.90 Å². The summed E-state index contributed by atoms with van der Waals surface area (Å²) >= 11 is 8.09. The third-order valence-corrected chi connectivity index (χ3v) is 5.79. The number of hydrogen-bond acceptors (Lipinski definition) is 2. The first-order valence-electron chi connectivity index (χ1n) is 7.32. The Morgan fingerprint density at radius 2 is 2.05 bits per heavy atom. The number of benzene rings is 2. The Morgan fingerprint density at radius 1 is 1.24 bits per heavy atom. The first kappa shape index (κ1) is 15.0. The second-order valence-corrected chi connectivity index (χ2v) is 7.21. The minimum atomic E-state index is 0.376. The quantitative estimate of drug-likeness (QED) is 0.760. The van der Waals surface area contributed by atoms with Crippen LogP contribution >= 0.6 is 23.4 Å². The number of hydrogen-bond donors (Lipinski definition) is 0. The lowest BCUT2D eigenvalue weighted by atomic mass is 9.99. The Morgan fingerprint density at radius 3 is 2.86 bits per heavy atom. The van der Waals surface area contributed by atoms with Gasteiger partial charge in [-0.1, -0.05) is 41.9 Å². The van der Waals surface area contributed by atoms with Gasteiger partial charge in [0.15, 0.2) is 0 Å². The molecule has 110 valence electrons. The van der Waals surface area contributed by atoms with Crippen LogP contribution in [0.3, 0.4) is 0 Å². The Bertz CT molecular complexity index is 628. The Labute approximate surface area is 136 Å². The van der Waals surface area contributed by atoms with Gasteiger partial charge in [-0.2, -0.15) is 0 Å². The Kier molecular flexibility index (Phi) is 4.58. The van der Waals surface area contributed by atoms with Crippen molar-refractivity contribution in [3.8, 4) is 0 Å². The summed E-state index contributed by atoms with van der Waals surface area (Å²) in [7, 11) is 2.21. The Balaban J connectivity index is 1.71. The molecule has 0 aliphatic carbocycles. The molecule has 3 heteroatoms. The van der Waals surface area contributed by atoms with E-state index in [9.17, 15) is 0 Å². The summed E-state index contributed by atoms with van der Waals surface area (Å²) in [5.41, 5.74) is 2.79. The molecule has 2 unspecified atom stereocenters. The molecule has 2 aromatic rings. The molecule has 1 aliphatic rings. The van der Waals surface area contributed by atoms with E-state index < -0.39 is 0 Å². The SMILES string of the molecule is CC(c1cccc(Cl)c1)N(C)CC1CSc2ccccc21. The zero-order chi connectivity index (χ0) is 14.8. The predicted molar refractivity (Wildman–Crippen MR) is 92.4 cm³/mol. The number of halogens is 1. The number of fused-ring (bicyclic) bond motifs is 1. The minimum absolute atomic E-state index is 0.376. The minimum Gasteiger partial charge on any atom is -0.299 e. The molecule has 0 saturated carbocycles. The van der Waals surface area contributed by atoms with E-state index in [1.54, 1.807) is 0 Å². The Hall–Kier alpha value is -0.960. The molecule has 0 N–H and O–H groups in total. The summed E-state index contributed by atoms with van der Waals surface area (Å²) in [5.74, 6) is 1.81. The van der Waals surface area contributed by atoms with Gasteiger partial charge in [0.25, 0.3) is 0 Å². The van der Waals surface area contributed by atoms with Gasteiger partial charge in [0, 0.05) is 34.2 Å². The smallest absolute Gasteiger partial charge is 0.0409 e. The van der Waals surface area contributed by atoms with Crippen molar-refractivity contribution in [1.82, 2.24) is 4.90 Å². The van der Waals surface area contributed by atoms with Gasteiger partial charge in [0.1, 0.15) is 0 Å². The van der Waals surface area contributed by atoms with E-state index in [0.717, 1.165) is 11.6 Å². The van der Waals surface area contributed by atoms with Gasteiger partial charge in [-0.05, 0) is 43.3 Å². The summed E-state index contributed by atoms with van der Waals surface area (Å²) in [4.78, 5) is 3.88. The highest BCUT2D eigenvalue weighted by molar-refractivity contribution is 7.99. The molecule has 21 heavy (non-hydrogen) atoms. The van der Waals surface area contributed by atoms with Gasteiger partial charge >= 0.3 is 0 Å². The molecule has 0 saturated heterocycles. The molecule has 0 fully saturated rings. The van der Waals surface area contributed by atoms with Crippen LogP contribution in [-0.4, -0.2) is 24.2 Å². The number of likely N-dealkylation sites (N-methyl/N-ethyl adjacent to an activating group) is 1. The third kappa shape index (κ3) is 3.28. The van der Waals surface area contributed by atoms with Crippen LogP contribution in [-0.2, 0) is 0 Å². The number of nitrogens with zero attached hydrogens (tertiary/aromatic N) is 1. The monoisotopic (exact) mass is 317 g/mol. The molecule has 0 aromatic heterocycles. The van der Waals surface area contributed by atoms with Crippen molar-refractivity contribution in [2.45, 2.75) is 23.8 Å². The maximum atomic E-state index is 6.11. The van der Waals surface area contributed by atoms with Crippen molar-refractivity contribution in [1.29, 1.82) is 0 Å². The molecule has 0 amide bonds. The van der Waals surface area contributed by atoms with Gasteiger partial charge in [0.05, 0.1) is 0 Å². The summed E-state index contributed by atoms with van der Waals surface area (Å²) in [6, 6.07) is 17.4. The average Bonchev–Trinajstić information content (AvgIpc) is 2.90. The van der Waals surface area contributed by atoms with Gasteiger partial charge in [-0.15, -0.1) is 11.8 Å². The fourth-order valence-electron chi connectivity index (χ4n) is 2.91. The van der Waals surface area contributed by atoms with E-state index >= 15 is 0 Å².